The molecule has 32 heavy (non-hydrogen) atoms. The molecule has 1 amide bonds. The number of para-hydroxylation sites is 1. The molecule has 0 aliphatic carbocycles. The van der Waals surface area contributed by atoms with Crippen molar-refractivity contribution in [2.24, 2.45) is 0 Å². The molecule has 0 saturated heterocycles. The van der Waals surface area contributed by atoms with Crippen LogP contribution in [0.25, 0.3) is 10.9 Å². The van der Waals surface area contributed by atoms with Crippen LogP contribution in [-0.2, 0) is 19.1 Å². The van der Waals surface area contributed by atoms with Crippen LogP contribution in [-0.4, -0.2) is 22.0 Å². The Morgan fingerprint density at radius 2 is 1.72 bits per heavy atom. The number of rotatable bonds is 6. The van der Waals surface area contributed by atoms with Gasteiger partial charge in [0.25, 0.3) is 5.91 Å². The van der Waals surface area contributed by atoms with Crippen molar-refractivity contribution in [1.82, 2.24) is 14.9 Å². The van der Waals surface area contributed by atoms with Crippen LogP contribution in [0, 0.1) is 0 Å². The zero-order chi connectivity index (χ0) is 22.7. The van der Waals surface area contributed by atoms with Crippen LogP contribution in [0.2, 0.25) is 5.02 Å². The van der Waals surface area contributed by atoms with Crippen molar-refractivity contribution in [3.05, 3.63) is 100 Å². The monoisotopic (exact) mass is 457 g/mol. The highest BCUT2D eigenvalue weighted by molar-refractivity contribution is 6.30. The largest absolute Gasteiger partial charge is 0.433 e. The van der Waals surface area contributed by atoms with Crippen LogP contribution in [0.5, 0.6) is 0 Å². The molecular formula is C24H19ClF3N3O. The lowest BCUT2D eigenvalue weighted by Gasteiger charge is -2.07. The van der Waals surface area contributed by atoms with Crippen molar-refractivity contribution in [1.29, 1.82) is 0 Å². The van der Waals surface area contributed by atoms with E-state index in [1.165, 1.54) is 12.3 Å². The molecule has 164 valence electrons. The summed E-state index contributed by atoms with van der Waals surface area (Å²) in [4.78, 5) is 16.3. The Morgan fingerprint density at radius 3 is 2.41 bits per heavy atom. The predicted octanol–water partition coefficient (Wildman–Crippen LogP) is 5.73. The standard InChI is InChI=1S/C24H19ClF3N3O/c25-18-8-5-17(6-9-18)14-31-15-20(19-3-1-2-4-21(19)31)23(32)29-12-11-16-7-10-22(30-13-16)24(26,27)28/h1-10,13,15H,11-12,14H2,(H,29,32). The van der Waals surface area contributed by atoms with Crippen molar-refractivity contribution in [2.45, 2.75) is 19.1 Å². The number of nitrogens with zero attached hydrogens (tertiary/aromatic N) is 2. The Labute approximate surface area is 187 Å². The molecule has 2 aromatic heterocycles. The van der Waals surface area contributed by atoms with E-state index in [2.05, 4.69) is 10.3 Å². The summed E-state index contributed by atoms with van der Waals surface area (Å²) < 4.78 is 39.9. The first-order valence-corrected chi connectivity index (χ1v) is 10.3. The second kappa shape index (κ2) is 9.04. The second-order valence-corrected chi connectivity index (χ2v) is 7.81. The Balaban J connectivity index is 1.46. The van der Waals surface area contributed by atoms with Gasteiger partial charge < -0.3 is 9.88 Å². The van der Waals surface area contributed by atoms with Gasteiger partial charge in [-0.15, -0.1) is 0 Å². The molecule has 0 atom stereocenters. The average Bonchev–Trinajstić information content (AvgIpc) is 3.14. The van der Waals surface area contributed by atoms with E-state index in [0.29, 0.717) is 29.1 Å². The summed E-state index contributed by atoms with van der Waals surface area (Å²) in [6.07, 6.45) is -1.09. The average molecular weight is 458 g/mol. The molecule has 1 N–H and O–H groups in total. The fraction of sp³-hybridized carbons (Fsp3) is 0.167. The zero-order valence-electron chi connectivity index (χ0n) is 16.9. The maximum absolute atomic E-state index is 12.8. The summed E-state index contributed by atoms with van der Waals surface area (Å²) in [6.45, 7) is 0.866. The lowest BCUT2D eigenvalue weighted by molar-refractivity contribution is -0.141. The van der Waals surface area contributed by atoms with Crippen molar-refractivity contribution >= 4 is 28.4 Å². The quantitative estimate of drug-likeness (QED) is 0.402. The molecule has 8 heteroatoms. The third-order valence-electron chi connectivity index (χ3n) is 5.11. The Kier molecular flexibility index (Phi) is 6.19. The van der Waals surface area contributed by atoms with Crippen LogP contribution < -0.4 is 5.32 Å². The molecule has 0 radical (unpaired) electrons. The highest BCUT2D eigenvalue weighted by Crippen LogP contribution is 2.27. The minimum Gasteiger partial charge on any atom is -0.352 e. The van der Waals surface area contributed by atoms with E-state index in [1.54, 1.807) is 0 Å². The molecule has 0 fully saturated rings. The van der Waals surface area contributed by atoms with Gasteiger partial charge in [-0.25, -0.2) is 0 Å². The fourth-order valence-corrected chi connectivity index (χ4v) is 3.63. The maximum Gasteiger partial charge on any atom is 0.433 e. The molecule has 0 unspecified atom stereocenters. The van der Waals surface area contributed by atoms with Crippen molar-refractivity contribution in [3.63, 3.8) is 0 Å². The Hall–Kier alpha value is -3.32. The summed E-state index contributed by atoms with van der Waals surface area (Å²) in [7, 11) is 0. The van der Waals surface area contributed by atoms with Crippen LogP contribution >= 0.6 is 11.6 Å². The van der Waals surface area contributed by atoms with Gasteiger partial charge in [0.2, 0.25) is 0 Å². The Morgan fingerprint density at radius 1 is 1.00 bits per heavy atom. The van der Waals surface area contributed by atoms with E-state index in [4.69, 9.17) is 11.6 Å². The highest BCUT2D eigenvalue weighted by atomic mass is 35.5. The lowest BCUT2D eigenvalue weighted by Crippen LogP contribution is -2.25. The number of hydrogen-bond acceptors (Lipinski definition) is 2. The van der Waals surface area contributed by atoms with E-state index >= 15 is 0 Å². The summed E-state index contributed by atoms with van der Waals surface area (Å²) in [5.74, 6) is -0.240. The van der Waals surface area contributed by atoms with Gasteiger partial charge in [-0.3, -0.25) is 9.78 Å². The molecular weight excluding hydrogens is 439 g/mol. The number of carbonyl (C=O) groups is 1. The zero-order valence-corrected chi connectivity index (χ0v) is 17.6. The van der Waals surface area contributed by atoms with Gasteiger partial charge in [-0.05, 0) is 41.8 Å². The topological polar surface area (TPSA) is 46.9 Å². The van der Waals surface area contributed by atoms with Crippen LogP contribution in [0.3, 0.4) is 0 Å². The molecule has 0 spiro atoms. The summed E-state index contributed by atoms with van der Waals surface area (Å²) in [6, 6.07) is 17.5. The van der Waals surface area contributed by atoms with E-state index < -0.39 is 11.9 Å². The summed E-state index contributed by atoms with van der Waals surface area (Å²) >= 11 is 5.96. The van der Waals surface area contributed by atoms with Gasteiger partial charge in [0.05, 0.1) is 5.56 Å². The summed E-state index contributed by atoms with van der Waals surface area (Å²) in [5, 5.41) is 4.34. The molecule has 4 aromatic rings. The van der Waals surface area contributed by atoms with Crippen LogP contribution in [0.15, 0.2) is 73.1 Å². The fourth-order valence-electron chi connectivity index (χ4n) is 3.50. The van der Waals surface area contributed by atoms with E-state index in [-0.39, 0.29) is 12.5 Å². The van der Waals surface area contributed by atoms with Crippen LogP contribution in [0.1, 0.15) is 27.2 Å². The number of hydrogen-bond donors (Lipinski definition) is 1. The van der Waals surface area contributed by atoms with E-state index in [9.17, 15) is 18.0 Å². The summed E-state index contributed by atoms with van der Waals surface area (Å²) in [5.41, 5.74) is 2.21. The van der Waals surface area contributed by atoms with Crippen molar-refractivity contribution in [2.75, 3.05) is 6.54 Å². The number of carbonyl (C=O) groups excluding carboxylic acids is 1. The maximum atomic E-state index is 12.8. The molecule has 0 bridgehead atoms. The number of aromatic nitrogens is 2. The van der Waals surface area contributed by atoms with Crippen LogP contribution in [0.4, 0.5) is 13.2 Å². The third kappa shape index (κ3) is 4.94. The minimum atomic E-state index is -4.47. The number of nitrogens with one attached hydrogen (secondary N) is 1. The number of amides is 1. The first kappa shape index (κ1) is 21.9. The molecule has 4 rings (SSSR count). The molecule has 0 aliphatic rings. The van der Waals surface area contributed by atoms with Crippen molar-refractivity contribution < 1.29 is 18.0 Å². The lowest BCUT2D eigenvalue weighted by atomic mass is 10.1. The number of pyridine rings is 1. The third-order valence-corrected chi connectivity index (χ3v) is 5.37. The smallest absolute Gasteiger partial charge is 0.352 e. The number of alkyl halides is 3. The molecule has 4 nitrogen and oxygen atoms in total. The molecule has 2 aromatic carbocycles. The molecule has 2 heterocycles. The van der Waals surface area contributed by atoms with E-state index in [1.807, 2.05) is 59.3 Å². The highest BCUT2D eigenvalue weighted by Gasteiger charge is 2.31. The van der Waals surface area contributed by atoms with Gasteiger partial charge in [0.15, 0.2) is 0 Å². The molecule has 0 saturated carbocycles. The number of benzene rings is 2. The SMILES string of the molecule is O=C(NCCc1ccc(C(F)(F)F)nc1)c1cn(Cc2ccc(Cl)cc2)c2ccccc12. The molecule has 0 aliphatic heterocycles. The van der Waals surface area contributed by atoms with Gasteiger partial charge in [0.1, 0.15) is 5.69 Å². The van der Waals surface area contributed by atoms with Gasteiger partial charge in [0, 0.05) is 41.4 Å². The van der Waals surface area contributed by atoms with E-state index in [0.717, 1.165) is 22.5 Å². The van der Waals surface area contributed by atoms with Gasteiger partial charge in [-0.1, -0.05) is 48.0 Å². The van der Waals surface area contributed by atoms with Gasteiger partial charge in [-0.2, -0.15) is 13.2 Å². The van der Waals surface area contributed by atoms with Crippen molar-refractivity contribution in [3.8, 4) is 0 Å². The number of halogens is 4. The first-order valence-electron chi connectivity index (χ1n) is 9.94. The minimum absolute atomic E-state index is 0.240. The predicted molar refractivity (Wildman–Crippen MR) is 118 cm³/mol. The normalized spacial score (nSPS) is 11.6. The number of fused-ring (bicyclic) bond motifs is 1. The Bertz CT molecular complexity index is 1230. The van der Waals surface area contributed by atoms with Gasteiger partial charge >= 0.3 is 6.18 Å². The first-order chi connectivity index (χ1) is 15.3. The second-order valence-electron chi connectivity index (χ2n) is 7.37.